The van der Waals surface area contributed by atoms with E-state index in [2.05, 4.69) is 17.9 Å². The number of aliphatic hydroxyl groups is 1. The van der Waals surface area contributed by atoms with Crippen LogP contribution in [0.25, 0.3) is 0 Å². The summed E-state index contributed by atoms with van der Waals surface area (Å²) in [7, 11) is 0. The van der Waals surface area contributed by atoms with Crippen LogP contribution in [0.15, 0.2) is 24.3 Å². The molecule has 16 heavy (non-hydrogen) atoms. The lowest BCUT2D eigenvalue weighted by Gasteiger charge is -2.34. The number of benzene rings is 1. The monoisotopic (exact) mass is 239 g/mol. The minimum atomic E-state index is -0.129. The molecule has 1 fully saturated rings. The zero-order valence-electron chi connectivity index (χ0n) is 9.56. The third-order valence-corrected chi connectivity index (χ3v) is 3.47. The molecule has 1 saturated heterocycles. The molecule has 1 heterocycles. The standard InChI is InChI=1S/C13H18ClNO/c1-10-8-15(6-5-13(10)16)9-11-3-2-4-12(14)7-11/h2-4,7,10,13,16H,5-6,8-9H2,1H3/t10-,13+/m0/s1. The molecule has 2 nitrogen and oxygen atoms in total. The molecule has 1 aromatic carbocycles. The molecule has 0 radical (unpaired) electrons. The second-order valence-electron chi connectivity index (χ2n) is 4.70. The topological polar surface area (TPSA) is 23.5 Å². The van der Waals surface area contributed by atoms with Gasteiger partial charge in [-0.3, -0.25) is 4.90 Å². The molecule has 1 aliphatic rings. The van der Waals surface area contributed by atoms with Gasteiger partial charge in [-0.2, -0.15) is 0 Å². The zero-order chi connectivity index (χ0) is 11.5. The molecule has 0 unspecified atom stereocenters. The normalized spacial score (nSPS) is 26.9. The maximum Gasteiger partial charge on any atom is 0.0590 e. The summed E-state index contributed by atoms with van der Waals surface area (Å²) >= 11 is 5.96. The lowest BCUT2D eigenvalue weighted by molar-refractivity contribution is 0.0320. The lowest BCUT2D eigenvalue weighted by Crippen LogP contribution is -2.41. The summed E-state index contributed by atoms with van der Waals surface area (Å²) in [6, 6.07) is 7.99. The van der Waals surface area contributed by atoms with Crippen molar-refractivity contribution in [1.29, 1.82) is 0 Å². The maximum atomic E-state index is 9.66. The molecule has 2 atom stereocenters. The first-order valence-corrected chi connectivity index (χ1v) is 6.18. The van der Waals surface area contributed by atoms with Gasteiger partial charge in [0.25, 0.3) is 0 Å². The molecule has 0 spiro atoms. The van der Waals surface area contributed by atoms with E-state index in [1.54, 1.807) is 0 Å². The Kier molecular flexibility index (Phi) is 3.85. The van der Waals surface area contributed by atoms with Gasteiger partial charge in [0.15, 0.2) is 0 Å². The van der Waals surface area contributed by atoms with Gasteiger partial charge in [-0.1, -0.05) is 30.7 Å². The summed E-state index contributed by atoms with van der Waals surface area (Å²) in [5.74, 6) is 0.368. The number of halogens is 1. The molecule has 0 bridgehead atoms. The van der Waals surface area contributed by atoms with Crippen LogP contribution in [0.2, 0.25) is 5.02 Å². The number of nitrogens with zero attached hydrogens (tertiary/aromatic N) is 1. The van der Waals surface area contributed by atoms with Crippen molar-refractivity contribution in [3.63, 3.8) is 0 Å². The van der Waals surface area contributed by atoms with Crippen molar-refractivity contribution in [3.8, 4) is 0 Å². The van der Waals surface area contributed by atoms with Crippen molar-refractivity contribution < 1.29 is 5.11 Å². The highest BCUT2D eigenvalue weighted by Gasteiger charge is 2.23. The van der Waals surface area contributed by atoms with E-state index in [0.29, 0.717) is 5.92 Å². The number of likely N-dealkylation sites (tertiary alicyclic amines) is 1. The molecule has 0 amide bonds. The Morgan fingerprint density at radius 3 is 3.00 bits per heavy atom. The largest absolute Gasteiger partial charge is 0.393 e. The average molecular weight is 240 g/mol. The summed E-state index contributed by atoms with van der Waals surface area (Å²) in [6.45, 7) is 4.97. The Morgan fingerprint density at radius 1 is 1.50 bits per heavy atom. The Morgan fingerprint density at radius 2 is 2.31 bits per heavy atom. The summed E-state index contributed by atoms with van der Waals surface area (Å²) in [5, 5.41) is 10.5. The Labute approximate surface area is 102 Å². The van der Waals surface area contributed by atoms with E-state index in [9.17, 15) is 5.11 Å². The van der Waals surface area contributed by atoms with E-state index < -0.39 is 0 Å². The molecule has 2 rings (SSSR count). The summed E-state index contributed by atoms with van der Waals surface area (Å²) in [6.07, 6.45) is 0.748. The van der Waals surface area contributed by atoms with Crippen LogP contribution in [0, 0.1) is 5.92 Å². The van der Waals surface area contributed by atoms with Gasteiger partial charge in [0, 0.05) is 24.7 Å². The molecule has 0 aliphatic carbocycles. The van der Waals surface area contributed by atoms with Gasteiger partial charge >= 0.3 is 0 Å². The van der Waals surface area contributed by atoms with Crippen LogP contribution in [-0.4, -0.2) is 29.2 Å². The molecular weight excluding hydrogens is 222 g/mol. The fourth-order valence-corrected chi connectivity index (χ4v) is 2.47. The van der Waals surface area contributed by atoms with Crippen LogP contribution in [-0.2, 0) is 6.54 Å². The van der Waals surface area contributed by atoms with Gasteiger partial charge in [0.05, 0.1) is 6.10 Å². The fraction of sp³-hybridized carbons (Fsp3) is 0.538. The highest BCUT2D eigenvalue weighted by atomic mass is 35.5. The number of rotatable bonds is 2. The van der Waals surface area contributed by atoms with Gasteiger partial charge in [-0.25, -0.2) is 0 Å². The maximum absolute atomic E-state index is 9.66. The van der Waals surface area contributed by atoms with Crippen LogP contribution in [0.3, 0.4) is 0 Å². The van der Waals surface area contributed by atoms with Crippen molar-refractivity contribution >= 4 is 11.6 Å². The summed E-state index contributed by atoms with van der Waals surface area (Å²) in [4.78, 5) is 2.38. The molecule has 1 aromatic rings. The van der Waals surface area contributed by atoms with E-state index in [-0.39, 0.29) is 6.10 Å². The zero-order valence-corrected chi connectivity index (χ0v) is 10.3. The molecule has 1 aliphatic heterocycles. The van der Waals surface area contributed by atoms with E-state index >= 15 is 0 Å². The van der Waals surface area contributed by atoms with Gasteiger partial charge in [-0.15, -0.1) is 0 Å². The third-order valence-electron chi connectivity index (χ3n) is 3.24. The fourth-order valence-electron chi connectivity index (χ4n) is 2.26. The molecule has 0 aromatic heterocycles. The second kappa shape index (κ2) is 5.17. The number of aliphatic hydroxyl groups excluding tert-OH is 1. The Bertz CT molecular complexity index is 356. The predicted octanol–water partition coefficient (Wildman–Crippen LogP) is 2.54. The Balaban J connectivity index is 1.95. The molecule has 3 heteroatoms. The highest BCUT2D eigenvalue weighted by molar-refractivity contribution is 6.30. The molecule has 0 saturated carbocycles. The quantitative estimate of drug-likeness (QED) is 0.858. The number of hydrogen-bond acceptors (Lipinski definition) is 2. The Hall–Kier alpha value is -0.570. The minimum Gasteiger partial charge on any atom is -0.393 e. The SMILES string of the molecule is C[C@H]1CN(Cc2cccc(Cl)c2)CC[C@H]1O. The number of piperidine rings is 1. The first-order valence-electron chi connectivity index (χ1n) is 5.80. The van der Waals surface area contributed by atoms with E-state index in [1.807, 2.05) is 18.2 Å². The molecular formula is C13H18ClNO. The van der Waals surface area contributed by atoms with Gasteiger partial charge in [0.2, 0.25) is 0 Å². The minimum absolute atomic E-state index is 0.129. The van der Waals surface area contributed by atoms with Crippen molar-refractivity contribution in [2.75, 3.05) is 13.1 Å². The lowest BCUT2D eigenvalue weighted by atomic mass is 9.96. The van der Waals surface area contributed by atoms with Crippen molar-refractivity contribution in [2.45, 2.75) is 26.0 Å². The van der Waals surface area contributed by atoms with Gasteiger partial charge in [-0.05, 0) is 30.0 Å². The predicted molar refractivity (Wildman–Crippen MR) is 66.5 cm³/mol. The summed E-state index contributed by atoms with van der Waals surface area (Å²) in [5.41, 5.74) is 1.25. The third kappa shape index (κ3) is 2.97. The van der Waals surface area contributed by atoms with Crippen LogP contribution >= 0.6 is 11.6 Å². The van der Waals surface area contributed by atoms with E-state index in [1.165, 1.54) is 5.56 Å². The average Bonchev–Trinajstić information content (AvgIpc) is 2.24. The second-order valence-corrected chi connectivity index (χ2v) is 5.13. The van der Waals surface area contributed by atoms with Crippen LogP contribution in [0.5, 0.6) is 0 Å². The van der Waals surface area contributed by atoms with Crippen molar-refractivity contribution in [2.24, 2.45) is 5.92 Å². The van der Waals surface area contributed by atoms with Crippen molar-refractivity contribution in [3.05, 3.63) is 34.9 Å². The van der Waals surface area contributed by atoms with Crippen LogP contribution < -0.4 is 0 Å². The highest BCUT2D eigenvalue weighted by Crippen LogP contribution is 2.19. The smallest absolute Gasteiger partial charge is 0.0590 e. The van der Waals surface area contributed by atoms with Gasteiger partial charge < -0.3 is 5.11 Å². The van der Waals surface area contributed by atoms with E-state index in [0.717, 1.165) is 31.1 Å². The van der Waals surface area contributed by atoms with Crippen LogP contribution in [0.4, 0.5) is 0 Å². The molecule has 88 valence electrons. The molecule has 1 N–H and O–H groups in total. The number of hydrogen-bond donors (Lipinski definition) is 1. The van der Waals surface area contributed by atoms with Crippen molar-refractivity contribution in [1.82, 2.24) is 4.90 Å². The van der Waals surface area contributed by atoms with Crippen LogP contribution in [0.1, 0.15) is 18.9 Å². The summed E-state index contributed by atoms with van der Waals surface area (Å²) < 4.78 is 0. The van der Waals surface area contributed by atoms with E-state index in [4.69, 9.17) is 11.6 Å². The van der Waals surface area contributed by atoms with Gasteiger partial charge in [0.1, 0.15) is 0 Å². The first kappa shape index (κ1) is 11.9. The first-order chi connectivity index (χ1) is 7.65.